The van der Waals surface area contributed by atoms with Crippen molar-refractivity contribution in [1.29, 1.82) is 0 Å². The van der Waals surface area contributed by atoms with Crippen molar-refractivity contribution >= 4 is 39.5 Å². The van der Waals surface area contributed by atoms with Crippen LogP contribution in [0.4, 0.5) is 0 Å². The van der Waals surface area contributed by atoms with Gasteiger partial charge in [-0.15, -0.1) is 0 Å². The second kappa shape index (κ2) is 66.3. The molecule has 0 aliphatic rings. The number of hydrogen-bond acceptors (Lipinski definition) is 15. The molecule has 0 aliphatic carbocycles. The van der Waals surface area contributed by atoms with Crippen LogP contribution in [0.5, 0.6) is 0 Å². The van der Waals surface area contributed by atoms with Crippen molar-refractivity contribution in [3.8, 4) is 0 Å². The number of carbonyl (C=O) groups is 4. The minimum Gasteiger partial charge on any atom is -0.462 e. The zero-order valence-corrected chi connectivity index (χ0v) is 61.5. The fraction of sp³-hybridized carbons (Fsp3) is 0.945. The van der Waals surface area contributed by atoms with Crippen molar-refractivity contribution in [3.63, 3.8) is 0 Å². The molecule has 5 atom stereocenters. The van der Waals surface area contributed by atoms with Gasteiger partial charge in [0.05, 0.1) is 26.4 Å². The average molecular weight is 1350 g/mol. The number of esters is 4. The summed E-state index contributed by atoms with van der Waals surface area (Å²) in [5.41, 5.74) is 0. The van der Waals surface area contributed by atoms with Crippen LogP contribution in [0.15, 0.2) is 0 Å². The largest absolute Gasteiger partial charge is 0.472 e. The lowest BCUT2D eigenvalue weighted by atomic mass is 10.0. The number of phosphoric acid groups is 2. The van der Waals surface area contributed by atoms with Crippen LogP contribution in [-0.4, -0.2) is 96.7 Å². The Morgan fingerprint density at radius 2 is 0.500 bits per heavy atom. The first-order valence-corrected chi connectivity index (χ1v) is 41.1. The minimum atomic E-state index is -4.95. The van der Waals surface area contributed by atoms with E-state index in [1.807, 2.05) is 0 Å². The Balaban J connectivity index is 5.19. The van der Waals surface area contributed by atoms with Gasteiger partial charge >= 0.3 is 39.5 Å². The van der Waals surface area contributed by atoms with Gasteiger partial charge in [0.1, 0.15) is 19.3 Å². The zero-order valence-electron chi connectivity index (χ0n) is 59.7. The Labute approximate surface area is 562 Å². The van der Waals surface area contributed by atoms with Crippen LogP contribution in [0, 0.1) is 5.92 Å². The Hall–Kier alpha value is -1.94. The number of hydrogen-bond donors (Lipinski definition) is 3. The fourth-order valence-electron chi connectivity index (χ4n) is 11.2. The van der Waals surface area contributed by atoms with Gasteiger partial charge in [-0.2, -0.15) is 0 Å². The molecule has 0 saturated heterocycles. The molecule has 92 heavy (non-hydrogen) atoms. The molecule has 0 aromatic heterocycles. The van der Waals surface area contributed by atoms with Gasteiger partial charge in [0.15, 0.2) is 12.2 Å². The standard InChI is InChI=1S/C73H142O17P2/c1-6-9-12-15-18-21-22-23-24-27-30-33-38-42-47-52-57-71(76)84-63-69(90-73(78)59-54-49-44-39-34-31-28-25-26-29-32-37-40-45-50-55-66(4)5)65-88-92(81,82)86-61-67(74)60-85-91(79,80)87-64-68(89-72(77)58-53-48-43-36-20-17-14-11-8-3)62-83-70(75)56-51-46-41-35-19-16-13-10-7-2/h66-69,74H,6-65H2,1-5H3,(H,79,80)(H,81,82)/t67-,68+,69+/m0/s1. The SMILES string of the molecule is CCCCCCCCCCCCCCCCCCC(=O)OC[C@H](COP(=O)(O)OC[C@@H](O)COP(=O)(O)OC[C@@H](COC(=O)CCCCCCCCCCC)OC(=O)CCCCCCCCCCC)OC(=O)CCCCCCCCCCCCCCCCCC(C)C. The predicted octanol–water partition coefficient (Wildman–Crippen LogP) is 21.3. The van der Waals surface area contributed by atoms with Crippen LogP contribution in [0.2, 0.25) is 0 Å². The molecule has 2 unspecified atom stereocenters. The van der Waals surface area contributed by atoms with Gasteiger partial charge in [0.2, 0.25) is 0 Å². The topological polar surface area (TPSA) is 237 Å². The van der Waals surface area contributed by atoms with E-state index in [0.717, 1.165) is 95.8 Å². The molecule has 546 valence electrons. The van der Waals surface area contributed by atoms with E-state index in [0.29, 0.717) is 25.7 Å². The molecule has 0 radical (unpaired) electrons. The third kappa shape index (κ3) is 66.7. The van der Waals surface area contributed by atoms with Gasteiger partial charge in [-0.25, -0.2) is 9.13 Å². The van der Waals surface area contributed by atoms with Crippen molar-refractivity contribution in [2.24, 2.45) is 5.92 Å². The minimum absolute atomic E-state index is 0.106. The molecule has 0 saturated carbocycles. The molecule has 17 nitrogen and oxygen atoms in total. The maximum absolute atomic E-state index is 13.1. The molecular formula is C73H142O17P2. The number of phosphoric ester groups is 2. The quantitative estimate of drug-likeness (QED) is 0.0222. The maximum Gasteiger partial charge on any atom is 0.472 e. The molecule has 3 N–H and O–H groups in total. The number of carbonyl (C=O) groups excluding carboxylic acids is 4. The van der Waals surface area contributed by atoms with Crippen LogP contribution in [-0.2, 0) is 65.4 Å². The van der Waals surface area contributed by atoms with E-state index in [-0.39, 0.29) is 25.7 Å². The second-order valence-electron chi connectivity index (χ2n) is 26.8. The first kappa shape index (κ1) is 90.1. The van der Waals surface area contributed by atoms with E-state index in [9.17, 15) is 43.2 Å². The molecule has 0 amide bonds. The highest BCUT2D eigenvalue weighted by Gasteiger charge is 2.30. The monoisotopic (exact) mass is 1350 g/mol. The first-order chi connectivity index (χ1) is 44.5. The van der Waals surface area contributed by atoms with Gasteiger partial charge in [-0.05, 0) is 31.6 Å². The van der Waals surface area contributed by atoms with E-state index in [1.165, 1.54) is 205 Å². The highest BCUT2D eigenvalue weighted by molar-refractivity contribution is 7.47. The Morgan fingerprint density at radius 3 is 0.739 bits per heavy atom. The number of rotatable bonds is 73. The molecular weight excluding hydrogens is 1210 g/mol. The molecule has 19 heteroatoms. The summed E-state index contributed by atoms with van der Waals surface area (Å²) in [5.74, 6) is -1.32. The van der Waals surface area contributed by atoms with Gasteiger partial charge in [-0.1, -0.05) is 330 Å². The Bertz CT molecular complexity index is 1770. The van der Waals surface area contributed by atoms with E-state index < -0.39 is 97.5 Å². The third-order valence-electron chi connectivity index (χ3n) is 17.0. The molecule has 0 aromatic rings. The van der Waals surface area contributed by atoms with E-state index in [4.69, 9.17) is 37.0 Å². The van der Waals surface area contributed by atoms with Gasteiger partial charge in [0, 0.05) is 25.7 Å². The van der Waals surface area contributed by atoms with Crippen molar-refractivity contribution in [2.45, 2.75) is 400 Å². The Kier molecular flexibility index (Phi) is 64.9. The molecule has 0 heterocycles. The smallest absolute Gasteiger partial charge is 0.462 e. The third-order valence-corrected chi connectivity index (χ3v) is 18.9. The van der Waals surface area contributed by atoms with Crippen LogP contribution in [0.3, 0.4) is 0 Å². The van der Waals surface area contributed by atoms with Crippen molar-refractivity contribution in [2.75, 3.05) is 39.6 Å². The summed E-state index contributed by atoms with van der Waals surface area (Å²) in [6.45, 7) is 7.27. The molecule has 0 aromatic carbocycles. The molecule has 0 fully saturated rings. The summed E-state index contributed by atoms with van der Waals surface area (Å²) in [5, 5.41) is 10.6. The van der Waals surface area contributed by atoms with E-state index >= 15 is 0 Å². The van der Waals surface area contributed by atoms with Crippen LogP contribution in [0.25, 0.3) is 0 Å². The van der Waals surface area contributed by atoms with Crippen molar-refractivity contribution in [1.82, 2.24) is 0 Å². The molecule has 0 aliphatic heterocycles. The second-order valence-corrected chi connectivity index (χ2v) is 29.7. The summed E-state index contributed by atoms with van der Waals surface area (Å²) < 4.78 is 68.3. The van der Waals surface area contributed by atoms with Crippen molar-refractivity contribution in [3.05, 3.63) is 0 Å². The molecule has 0 bridgehead atoms. The highest BCUT2D eigenvalue weighted by atomic mass is 31.2. The summed E-state index contributed by atoms with van der Waals surface area (Å²) in [6, 6.07) is 0. The Morgan fingerprint density at radius 1 is 0.293 bits per heavy atom. The maximum atomic E-state index is 13.1. The van der Waals surface area contributed by atoms with Crippen LogP contribution in [0.1, 0.15) is 381 Å². The van der Waals surface area contributed by atoms with Gasteiger partial charge in [-0.3, -0.25) is 37.3 Å². The number of aliphatic hydroxyl groups is 1. The predicted molar refractivity (Wildman–Crippen MR) is 372 cm³/mol. The van der Waals surface area contributed by atoms with Gasteiger partial charge < -0.3 is 33.8 Å². The first-order valence-electron chi connectivity index (χ1n) is 38.1. The van der Waals surface area contributed by atoms with Crippen molar-refractivity contribution < 1.29 is 80.2 Å². The lowest BCUT2D eigenvalue weighted by Crippen LogP contribution is -2.30. The summed E-state index contributed by atoms with van der Waals surface area (Å²) in [6.07, 6.45) is 54.1. The number of unbranched alkanes of at least 4 members (excludes halogenated alkanes) is 45. The van der Waals surface area contributed by atoms with E-state index in [1.54, 1.807) is 0 Å². The molecule has 0 spiro atoms. The average Bonchev–Trinajstić information content (AvgIpc) is 1.95. The normalized spacial score (nSPS) is 14.0. The number of aliphatic hydroxyl groups excluding tert-OH is 1. The summed E-state index contributed by atoms with van der Waals surface area (Å²) >= 11 is 0. The van der Waals surface area contributed by atoms with Crippen LogP contribution < -0.4 is 0 Å². The summed E-state index contributed by atoms with van der Waals surface area (Å²) in [4.78, 5) is 72.6. The lowest BCUT2D eigenvalue weighted by molar-refractivity contribution is -0.161. The summed E-state index contributed by atoms with van der Waals surface area (Å²) in [7, 11) is -9.90. The zero-order chi connectivity index (χ0) is 67.7. The lowest BCUT2D eigenvalue weighted by Gasteiger charge is -2.21. The van der Waals surface area contributed by atoms with E-state index in [2.05, 4.69) is 34.6 Å². The van der Waals surface area contributed by atoms with Gasteiger partial charge in [0.25, 0.3) is 0 Å². The highest BCUT2D eigenvalue weighted by Crippen LogP contribution is 2.45. The molecule has 0 rings (SSSR count). The van der Waals surface area contributed by atoms with Crippen LogP contribution >= 0.6 is 15.6 Å². The number of ether oxygens (including phenoxy) is 4. The fourth-order valence-corrected chi connectivity index (χ4v) is 12.8.